The predicted molar refractivity (Wildman–Crippen MR) is 88.3 cm³/mol. The normalized spacial score (nSPS) is 17.3. The Labute approximate surface area is 136 Å². The summed E-state index contributed by atoms with van der Waals surface area (Å²) in [6.45, 7) is 0.979. The summed E-state index contributed by atoms with van der Waals surface area (Å²) in [4.78, 5) is 26.3. The van der Waals surface area contributed by atoms with Crippen LogP contribution in [0.5, 0.6) is 0 Å². The minimum atomic E-state index is -0.369. The van der Waals surface area contributed by atoms with E-state index in [9.17, 15) is 9.59 Å². The third-order valence-corrected chi connectivity index (χ3v) is 4.14. The van der Waals surface area contributed by atoms with E-state index in [1.54, 1.807) is 4.90 Å². The van der Waals surface area contributed by atoms with Gasteiger partial charge in [0.1, 0.15) is 6.04 Å². The lowest BCUT2D eigenvalue weighted by molar-refractivity contribution is -0.135. The number of nitrogens with one attached hydrogen (secondary N) is 1. The Morgan fingerprint density at radius 2 is 1.61 bits per heavy atom. The number of rotatable bonds is 5. The number of hydrogen-bond donors (Lipinski definition) is 1. The molecule has 2 amide bonds. The van der Waals surface area contributed by atoms with Crippen molar-refractivity contribution in [2.24, 2.45) is 0 Å². The topological polar surface area (TPSA) is 49.4 Å². The molecule has 0 aliphatic carbocycles. The van der Waals surface area contributed by atoms with Gasteiger partial charge >= 0.3 is 0 Å². The molecule has 3 rings (SSSR count). The highest BCUT2D eigenvalue weighted by molar-refractivity contribution is 5.90. The molecule has 1 atom stereocenters. The smallest absolute Gasteiger partial charge is 0.243 e. The van der Waals surface area contributed by atoms with Gasteiger partial charge in [0.2, 0.25) is 11.8 Å². The van der Waals surface area contributed by atoms with Crippen molar-refractivity contribution in [2.75, 3.05) is 0 Å². The van der Waals surface area contributed by atoms with Gasteiger partial charge in [-0.3, -0.25) is 9.59 Å². The summed E-state index contributed by atoms with van der Waals surface area (Å²) in [6, 6.07) is 19.2. The molecule has 4 heteroatoms. The zero-order chi connectivity index (χ0) is 16.1. The molecule has 0 saturated carbocycles. The second-order valence-electron chi connectivity index (χ2n) is 5.77. The largest absolute Gasteiger partial charge is 0.350 e. The van der Waals surface area contributed by atoms with Crippen LogP contribution in [0.3, 0.4) is 0 Å². The first-order valence-electron chi connectivity index (χ1n) is 7.89. The van der Waals surface area contributed by atoms with Crippen LogP contribution in [0.25, 0.3) is 0 Å². The lowest BCUT2D eigenvalue weighted by atomic mass is 10.1. The number of hydrogen-bond acceptors (Lipinski definition) is 2. The molecule has 118 valence electrons. The summed E-state index contributed by atoms with van der Waals surface area (Å²) in [6.07, 6.45) is 1.03. The lowest BCUT2D eigenvalue weighted by Crippen LogP contribution is -2.44. The van der Waals surface area contributed by atoms with Crippen LogP contribution in [0.4, 0.5) is 0 Å². The Kier molecular flexibility index (Phi) is 4.71. The third-order valence-electron chi connectivity index (χ3n) is 4.14. The molecule has 1 aliphatic rings. The molecule has 1 saturated heterocycles. The second kappa shape index (κ2) is 7.09. The molecule has 4 nitrogen and oxygen atoms in total. The summed E-state index contributed by atoms with van der Waals surface area (Å²) in [7, 11) is 0. The van der Waals surface area contributed by atoms with E-state index in [-0.39, 0.29) is 17.9 Å². The minimum absolute atomic E-state index is 0.0497. The van der Waals surface area contributed by atoms with Crippen LogP contribution in [0, 0.1) is 0 Å². The highest BCUT2D eigenvalue weighted by Gasteiger charge is 2.35. The van der Waals surface area contributed by atoms with Gasteiger partial charge in [-0.25, -0.2) is 0 Å². The predicted octanol–water partition coefficient (Wildman–Crippen LogP) is 2.49. The van der Waals surface area contributed by atoms with Gasteiger partial charge in [-0.15, -0.1) is 0 Å². The number of likely N-dealkylation sites (tertiary alicyclic amines) is 1. The number of nitrogens with zero attached hydrogens (tertiary/aromatic N) is 1. The second-order valence-corrected chi connectivity index (χ2v) is 5.77. The molecule has 0 bridgehead atoms. The van der Waals surface area contributed by atoms with E-state index < -0.39 is 0 Å². The van der Waals surface area contributed by atoms with Crippen LogP contribution < -0.4 is 5.32 Å². The summed E-state index contributed by atoms with van der Waals surface area (Å²) in [5.41, 5.74) is 2.10. The maximum Gasteiger partial charge on any atom is 0.243 e. The molecule has 0 radical (unpaired) electrons. The Morgan fingerprint density at radius 1 is 1.00 bits per heavy atom. The molecular weight excluding hydrogens is 288 g/mol. The van der Waals surface area contributed by atoms with Crippen LogP contribution in [0.15, 0.2) is 60.7 Å². The average Bonchev–Trinajstić information content (AvgIpc) is 2.95. The van der Waals surface area contributed by atoms with Crippen LogP contribution in [0.1, 0.15) is 24.0 Å². The van der Waals surface area contributed by atoms with E-state index in [2.05, 4.69) is 5.32 Å². The van der Waals surface area contributed by atoms with Gasteiger partial charge in [0.15, 0.2) is 0 Å². The maximum absolute atomic E-state index is 12.5. The highest BCUT2D eigenvalue weighted by Crippen LogP contribution is 2.21. The van der Waals surface area contributed by atoms with Crippen molar-refractivity contribution >= 4 is 11.8 Å². The molecule has 1 fully saturated rings. The highest BCUT2D eigenvalue weighted by atomic mass is 16.2. The quantitative estimate of drug-likeness (QED) is 0.922. The summed E-state index contributed by atoms with van der Waals surface area (Å²) >= 11 is 0. The minimum Gasteiger partial charge on any atom is -0.350 e. The standard InChI is InChI=1S/C19H20N2O2/c22-18-12-11-17(21(18)14-16-9-5-2-6-10-16)19(23)20-13-15-7-3-1-4-8-15/h1-10,17H,11-14H2,(H,20,23)/t17-/m0/s1. The molecule has 1 aliphatic heterocycles. The van der Waals surface area contributed by atoms with Crippen molar-refractivity contribution in [3.63, 3.8) is 0 Å². The molecule has 2 aromatic rings. The zero-order valence-electron chi connectivity index (χ0n) is 12.9. The van der Waals surface area contributed by atoms with E-state index in [1.807, 2.05) is 60.7 Å². The Morgan fingerprint density at radius 3 is 2.26 bits per heavy atom. The van der Waals surface area contributed by atoms with Crippen LogP contribution in [-0.2, 0) is 22.7 Å². The summed E-state index contributed by atoms with van der Waals surface area (Å²) in [5, 5.41) is 2.94. The Hall–Kier alpha value is -2.62. The third kappa shape index (κ3) is 3.77. The fraction of sp³-hybridized carbons (Fsp3) is 0.263. The fourth-order valence-corrected chi connectivity index (χ4v) is 2.89. The molecule has 0 unspecified atom stereocenters. The van der Waals surface area contributed by atoms with E-state index >= 15 is 0 Å². The molecular formula is C19H20N2O2. The number of carbonyl (C=O) groups excluding carboxylic acids is 2. The molecule has 23 heavy (non-hydrogen) atoms. The number of carbonyl (C=O) groups is 2. The lowest BCUT2D eigenvalue weighted by Gasteiger charge is -2.24. The van der Waals surface area contributed by atoms with Crippen LogP contribution in [-0.4, -0.2) is 22.8 Å². The van der Waals surface area contributed by atoms with Gasteiger partial charge in [0.05, 0.1) is 0 Å². The van der Waals surface area contributed by atoms with Gasteiger partial charge in [0.25, 0.3) is 0 Å². The molecule has 0 aromatic heterocycles. The van der Waals surface area contributed by atoms with E-state index in [1.165, 1.54) is 0 Å². The van der Waals surface area contributed by atoms with Gasteiger partial charge in [0, 0.05) is 19.5 Å². The van der Waals surface area contributed by atoms with Crippen LogP contribution in [0.2, 0.25) is 0 Å². The van der Waals surface area contributed by atoms with Crippen molar-refractivity contribution in [3.05, 3.63) is 71.8 Å². The summed E-state index contributed by atoms with van der Waals surface area (Å²) < 4.78 is 0. The first-order valence-corrected chi connectivity index (χ1v) is 7.89. The van der Waals surface area contributed by atoms with Gasteiger partial charge in [-0.1, -0.05) is 60.7 Å². The Bertz CT molecular complexity index is 670. The monoisotopic (exact) mass is 308 g/mol. The molecule has 1 N–H and O–H groups in total. The van der Waals surface area contributed by atoms with Crippen molar-refractivity contribution in [1.29, 1.82) is 0 Å². The van der Waals surface area contributed by atoms with Crippen molar-refractivity contribution in [2.45, 2.75) is 32.0 Å². The number of amides is 2. The first kappa shape index (κ1) is 15.3. The van der Waals surface area contributed by atoms with Crippen molar-refractivity contribution in [3.8, 4) is 0 Å². The fourth-order valence-electron chi connectivity index (χ4n) is 2.89. The van der Waals surface area contributed by atoms with E-state index in [0.29, 0.717) is 25.9 Å². The molecule has 0 spiro atoms. The number of benzene rings is 2. The average molecular weight is 308 g/mol. The van der Waals surface area contributed by atoms with Crippen LogP contribution >= 0.6 is 0 Å². The van der Waals surface area contributed by atoms with E-state index in [0.717, 1.165) is 11.1 Å². The molecule has 1 heterocycles. The van der Waals surface area contributed by atoms with E-state index in [4.69, 9.17) is 0 Å². The van der Waals surface area contributed by atoms with Gasteiger partial charge < -0.3 is 10.2 Å². The maximum atomic E-state index is 12.5. The SMILES string of the molecule is O=C(NCc1ccccc1)[C@@H]1CCC(=O)N1Cc1ccccc1. The molecule has 2 aromatic carbocycles. The van der Waals surface area contributed by atoms with Gasteiger partial charge in [-0.05, 0) is 17.5 Å². The van der Waals surface area contributed by atoms with Crippen molar-refractivity contribution < 1.29 is 9.59 Å². The van der Waals surface area contributed by atoms with Crippen molar-refractivity contribution in [1.82, 2.24) is 10.2 Å². The zero-order valence-corrected chi connectivity index (χ0v) is 12.9. The first-order chi connectivity index (χ1) is 11.2. The van der Waals surface area contributed by atoms with Gasteiger partial charge in [-0.2, -0.15) is 0 Å². The summed E-state index contributed by atoms with van der Waals surface area (Å²) in [5.74, 6) is -0.0238. The Balaban J connectivity index is 1.63.